The third-order valence-electron chi connectivity index (χ3n) is 4.52. The quantitative estimate of drug-likeness (QED) is 0.384. The SMILES string of the molecule is N#Cc1ccc([C@@]2(Cc3ncc[nH]3)OC[C@@H](COc3ccc(Br)cc3)O2)cc1.O=[N+]([O-])O. The summed E-state index contributed by atoms with van der Waals surface area (Å²) in [5.74, 6) is 0.562. The Morgan fingerprint density at radius 1 is 1.31 bits per heavy atom. The highest BCUT2D eigenvalue weighted by molar-refractivity contribution is 9.10. The van der Waals surface area contributed by atoms with Crippen molar-refractivity contribution in [2.45, 2.75) is 18.3 Å². The van der Waals surface area contributed by atoms with Crippen molar-refractivity contribution in [3.8, 4) is 11.8 Å². The molecule has 1 saturated heterocycles. The van der Waals surface area contributed by atoms with Crippen LogP contribution in [0.25, 0.3) is 0 Å². The van der Waals surface area contributed by atoms with Gasteiger partial charge in [-0.1, -0.05) is 28.1 Å². The highest BCUT2D eigenvalue weighted by atomic mass is 79.9. The molecule has 2 N–H and O–H groups in total. The van der Waals surface area contributed by atoms with E-state index in [1.807, 2.05) is 36.4 Å². The Morgan fingerprint density at radius 3 is 2.59 bits per heavy atom. The molecule has 0 spiro atoms. The molecule has 0 aliphatic carbocycles. The van der Waals surface area contributed by atoms with E-state index in [9.17, 15) is 0 Å². The van der Waals surface area contributed by atoms with Crippen LogP contribution in [0.5, 0.6) is 5.75 Å². The second-order valence-electron chi connectivity index (χ2n) is 6.71. The molecule has 0 amide bonds. The van der Waals surface area contributed by atoms with Crippen LogP contribution in [0.4, 0.5) is 0 Å². The molecule has 0 bridgehead atoms. The number of benzene rings is 2. The van der Waals surface area contributed by atoms with Crippen molar-refractivity contribution in [3.05, 3.63) is 92.5 Å². The smallest absolute Gasteiger partial charge is 0.291 e. The number of nitrogens with zero attached hydrogens (tertiary/aromatic N) is 3. The number of aromatic nitrogens is 2. The summed E-state index contributed by atoms with van der Waals surface area (Å²) >= 11 is 3.41. The van der Waals surface area contributed by atoms with Crippen LogP contribution in [0, 0.1) is 21.4 Å². The highest BCUT2D eigenvalue weighted by Crippen LogP contribution is 2.37. The van der Waals surface area contributed by atoms with Gasteiger partial charge in [-0.25, -0.2) is 4.98 Å². The molecule has 2 atom stereocenters. The van der Waals surface area contributed by atoms with Crippen molar-refractivity contribution in [2.75, 3.05) is 13.2 Å². The number of aromatic amines is 1. The van der Waals surface area contributed by atoms with Crippen LogP contribution in [-0.2, 0) is 21.7 Å². The average molecular weight is 503 g/mol. The molecule has 0 radical (unpaired) electrons. The number of nitriles is 1. The molecule has 0 unspecified atom stereocenters. The Balaban J connectivity index is 0.000000668. The largest absolute Gasteiger partial charge is 0.491 e. The average Bonchev–Trinajstić information content (AvgIpc) is 3.44. The first-order valence-corrected chi connectivity index (χ1v) is 10.2. The van der Waals surface area contributed by atoms with Gasteiger partial charge >= 0.3 is 0 Å². The van der Waals surface area contributed by atoms with Crippen LogP contribution in [0.15, 0.2) is 65.4 Å². The van der Waals surface area contributed by atoms with Gasteiger partial charge in [-0.3, -0.25) is 0 Å². The fourth-order valence-electron chi connectivity index (χ4n) is 3.13. The molecular formula is C21H19BrN4O6. The summed E-state index contributed by atoms with van der Waals surface area (Å²) in [5, 5.41) is 22.7. The van der Waals surface area contributed by atoms with Crippen LogP contribution in [0.1, 0.15) is 17.0 Å². The zero-order valence-corrected chi connectivity index (χ0v) is 18.3. The van der Waals surface area contributed by atoms with E-state index in [2.05, 4.69) is 32.0 Å². The number of ether oxygens (including phenoxy) is 3. The summed E-state index contributed by atoms with van der Waals surface area (Å²) in [6.45, 7) is 0.773. The maximum Gasteiger partial charge on any atom is 0.291 e. The molecule has 0 saturated carbocycles. The summed E-state index contributed by atoms with van der Waals surface area (Å²) in [7, 11) is 0. The lowest BCUT2D eigenvalue weighted by Crippen LogP contribution is -2.32. The van der Waals surface area contributed by atoms with Crippen LogP contribution in [0.3, 0.4) is 0 Å². The molecule has 32 heavy (non-hydrogen) atoms. The molecule has 11 heteroatoms. The van der Waals surface area contributed by atoms with Gasteiger partial charge in [-0.05, 0) is 36.4 Å². The maximum atomic E-state index is 9.06. The number of halogens is 1. The molecule has 1 aliphatic heterocycles. The first-order chi connectivity index (χ1) is 15.4. The minimum absolute atomic E-state index is 0.228. The molecule has 4 rings (SSSR count). The number of imidazole rings is 1. The van der Waals surface area contributed by atoms with E-state index in [1.165, 1.54) is 0 Å². The number of H-pyrrole nitrogens is 1. The molecule has 166 valence electrons. The van der Waals surface area contributed by atoms with E-state index < -0.39 is 10.9 Å². The van der Waals surface area contributed by atoms with E-state index in [4.69, 9.17) is 34.8 Å². The van der Waals surface area contributed by atoms with Gasteiger partial charge in [0.1, 0.15) is 24.3 Å². The topological polar surface area (TPSA) is 144 Å². The summed E-state index contributed by atoms with van der Waals surface area (Å²) in [5.41, 5.74) is 1.43. The Morgan fingerprint density at radius 2 is 2.00 bits per heavy atom. The monoisotopic (exact) mass is 502 g/mol. The second-order valence-corrected chi connectivity index (χ2v) is 7.62. The molecule has 1 aromatic heterocycles. The lowest BCUT2D eigenvalue weighted by Gasteiger charge is -2.28. The fourth-order valence-corrected chi connectivity index (χ4v) is 3.39. The Hall–Kier alpha value is -3.46. The maximum absolute atomic E-state index is 9.06. The predicted molar refractivity (Wildman–Crippen MR) is 114 cm³/mol. The van der Waals surface area contributed by atoms with E-state index in [0.29, 0.717) is 25.2 Å². The van der Waals surface area contributed by atoms with Gasteiger partial charge in [0.2, 0.25) is 5.79 Å². The van der Waals surface area contributed by atoms with E-state index in [0.717, 1.165) is 21.6 Å². The minimum Gasteiger partial charge on any atom is -0.491 e. The molecule has 1 aliphatic rings. The van der Waals surface area contributed by atoms with Crippen molar-refractivity contribution >= 4 is 15.9 Å². The van der Waals surface area contributed by atoms with E-state index >= 15 is 0 Å². The van der Waals surface area contributed by atoms with Gasteiger partial charge < -0.3 is 24.4 Å². The lowest BCUT2D eigenvalue weighted by molar-refractivity contribution is -0.742. The third kappa shape index (κ3) is 6.27. The Labute approximate surface area is 191 Å². The van der Waals surface area contributed by atoms with Crippen molar-refractivity contribution < 1.29 is 24.5 Å². The van der Waals surface area contributed by atoms with Crippen molar-refractivity contribution in [1.29, 1.82) is 5.26 Å². The molecule has 1 fully saturated rings. The molecule has 2 heterocycles. The zero-order valence-electron chi connectivity index (χ0n) is 16.7. The first kappa shape index (κ1) is 23.2. The van der Waals surface area contributed by atoms with Crippen LogP contribution >= 0.6 is 15.9 Å². The molecular weight excluding hydrogens is 484 g/mol. The lowest BCUT2D eigenvalue weighted by atomic mass is 10.0. The predicted octanol–water partition coefficient (Wildman–Crippen LogP) is 3.59. The summed E-state index contributed by atoms with van der Waals surface area (Å²) in [4.78, 5) is 15.8. The third-order valence-corrected chi connectivity index (χ3v) is 5.05. The minimum atomic E-state index is -1.50. The van der Waals surface area contributed by atoms with Gasteiger partial charge in [0.05, 0.1) is 24.7 Å². The summed E-state index contributed by atoms with van der Waals surface area (Å²) in [6.07, 6.45) is 3.67. The first-order valence-electron chi connectivity index (χ1n) is 9.42. The zero-order chi connectivity index (χ0) is 23.0. The van der Waals surface area contributed by atoms with Gasteiger partial charge in [0.25, 0.3) is 5.09 Å². The van der Waals surface area contributed by atoms with E-state index in [1.54, 1.807) is 24.5 Å². The van der Waals surface area contributed by atoms with Gasteiger partial charge in [-0.15, -0.1) is 10.1 Å². The van der Waals surface area contributed by atoms with Crippen LogP contribution in [-0.4, -0.2) is 39.6 Å². The molecule has 3 aromatic rings. The molecule has 2 aromatic carbocycles. The van der Waals surface area contributed by atoms with Crippen LogP contribution in [0.2, 0.25) is 0 Å². The fraction of sp³-hybridized carbons (Fsp3) is 0.238. The summed E-state index contributed by atoms with van der Waals surface area (Å²) < 4.78 is 19.3. The van der Waals surface area contributed by atoms with Gasteiger partial charge in [0.15, 0.2) is 0 Å². The second kappa shape index (κ2) is 10.7. The van der Waals surface area contributed by atoms with E-state index in [-0.39, 0.29) is 6.10 Å². The normalized spacial score (nSPS) is 19.4. The number of hydrogen-bond donors (Lipinski definition) is 2. The van der Waals surface area contributed by atoms with Crippen molar-refractivity contribution in [2.24, 2.45) is 0 Å². The van der Waals surface area contributed by atoms with Gasteiger partial charge in [0, 0.05) is 22.4 Å². The summed E-state index contributed by atoms with van der Waals surface area (Å²) in [6, 6.07) is 17.0. The highest BCUT2D eigenvalue weighted by Gasteiger charge is 2.44. The number of nitrogens with one attached hydrogen (secondary N) is 1. The Kier molecular flexibility index (Phi) is 7.77. The van der Waals surface area contributed by atoms with Gasteiger partial charge in [-0.2, -0.15) is 5.26 Å². The Bertz CT molecular complexity index is 1050. The standard InChI is InChI=1S/C21H18BrN3O3.HNO3/c22-17-5-7-18(8-6-17)26-13-19-14-27-21(28-19,11-20-24-9-10-25-20)16-3-1-15(12-23)2-4-16;2-1(3)4/h1-10,19H,11,13-14H2,(H,24,25);(H,2,3,4)/t19-,21+;/m1./s1. The van der Waals surface area contributed by atoms with Crippen LogP contribution < -0.4 is 4.74 Å². The number of hydrogen-bond acceptors (Lipinski definition) is 7. The van der Waals surface area contributed by atoms with Crippen molar-refractivity contribution in [1.82, 2.24) is 9.97 Å². The van der Waals surface area contributed by atoms with Crippen molar-refractivity contribution in [3.63, 3.8) is 0 Å². The number of rotatable bonds is 6. The molecule has 10 nitrogen and oxygen atoms in total.